The predicted octanol–water partition coefficient (Wildman–Crippen LogP) is 1.86. The number of hydrogen-bond acceptors (Lipinski definition) is 3. The Morgan fingerprint density at radius 3 is 3.00 bits per heavy atom. The van der Waals surface area contributed by atoms with E-state index in [9.17, 15) is 4.79 Å². The summed E-state index contributed by atoms with van der Waals surface area (Å²) in [4.78, 5) is 14.1. The summed E-state index contributed by atoms with van der Waals surface area (Å²) in [6.07, 6.45) is 2.45. The maximum Gasteiger partial charge on any atom is 0.332 e. The zero-order valence-electron chi connectivity index (χ0n) is 9.21. The summed E-state index contributed by atoms with van der Waals surface area (Å²) in [5.74, 6) is -0.109. The van der Waals surface area contributed by atoms with Gasteiger partial charge in [-0.25, -0.2) is 4.79 Å². The van der Waals surface area contributed by atoms with Crippen molar-refractivity contribution in [1.29, 1.82) is 0 Å². The molecule has 0 aromatic rings. The van der Waals surface area contributed by atoms with Gasteiger partial charge < -0.3 is 9.64 Å². The number of carbonyl (C=O) groups excluding carboxylic acids is 1. The first-order valence-corrected chi connectivity index (χ1v) is 5.39. The van der Waals surface area contributed by atoms with Gasteiger partial charge in [-0.05, 0) is 19.8 Å². The second-order valence-electron chi connectivity index (χ2n) is 4.33. The van der Waals surface area contributed by atoms with Crippen LogP contribution in [-0.4, -0.2) is 29.6 Å². The van der Waals surface area contributed by atoms with Gasteiger partial charge in [-0.15, -0.1) is 0 Å². The van der Waals surface area contributed by atoms with E-state index < -0.39 is 5.54 Å². The van der Waals surface area contributed by atoms with E-state index in [0.717, 1.165) is 37.1 Å². The first kappa shape index (κ1) is 10.3. The Balaban J connectivity index is 2.28. The second-order valence-corrected chi connectivity index (χ2v) is 4.33. The van der Waals surface area contributed by atoms with E-state index in [0.29, 0.717) is 6.61 Å². The van der Waals surface area contributed by atoms with Gasteiger partial charge in [0, 0.05) is 18.7 Å². The maximum absolute atomic E-state index is 12.0. The molecule has 2 aliphatic heterocycles. The van der Waals surface area contributed by atoms with Gasteiger partial charge in [-0.3, -0.25) is 0 Å². The van der Waals surface area contributed by atoms with Crippen molar-refractivity contribution in [1.82, 2.24) is 4.90 Å². The van der Waals surface area contributed by atoms with Crippen LogP contribution in [0.25, 0.3) is 0 Å². The van der Waals surface area contributed by atoms with Crippen molar-refractivity contribution >= 4 is 5.97 Å². The third kappa shape index (κ3) is 1.37. The molecule has 0 N–H and O–H groups in total. The molecule has 0 aliphatic carbocycles. The molecule has 3 nitrogen and oxygen atoms in total. The number of fused-ring (bicyclic) bond motifs is 1. The number of hydrogen-bond donors (Lipinski definition) is 0. The van der Waals surface area contributed by atoms with Crippen LogP contribution in [-0.2, 0) is 9.53 Å². The highest BCUT2D eigenvalue weighted by atomic mass is 16.5. The molecule has 2 rings (SSSR count). The van der Waals surface area contributed by atoms with E-state index in [4.69, 9.17) is 4.74 Å². The van der Waals surface area contributed by atoms with Crippen LogP contribution in [0.3, 0.4) is 0 Å². The second kappa shape index (κ2) is 3.40. The van der Waals surface area contributed by atoms with Crippen molar-refractivity contribution in [3.05, 3.63) is 24.4 Å². The Bertz CT molecular complexity index is 335. The Morgan fingerprint density at radius 1 is 1.60 bits per heavy atom. The first-order chi connectivity index (χ1) is 7.10. The zero-order valence-corrected chi connectivity index (χ0v) is 9.21. The van der Waals surface area contributed by atoms with Crippen molar-refractivity contribution < 1.29 is 9.53 Å². The molecule has 0 radical (unpaired) electrons. The molecular weight excluding hydrogens is 190 g/mol. The molecule has 2 saturated heterocycles. The van der Waals surface area contributed by atoms with Crippen LogP contribution in [0, 0.1) is 0 Å². The lowest BCUT2D eigenvalue weighted by Gasteiger charge is -2.30. The zero-order chi connectivity index (χ0) is 11.1. The largest absolute Gasteiger partial charge is 0.464 e. The normalized spacial score (nSPS) is 29.5. The summed E-state index contributed by atoms with van der Waals surface area (Å²) >= 11 is 0. The summed E-state index contributed by atoms with van der Waals surface area (Å²) in [7, 11) is 0. The number of allylic oxidation sites excluding steroid dienone is 1. The van der Waals surface area contributed by atoms with Crippen LogP contribution >= 0.6 is 0 Å². The van der Waals surface area contributed by atoms with Crippen LogP contribution in [0.2, 0.25) is 0 Å². The highest BCUT2D eigenvalue weighted by Gasteiger charge is 2.53. The van der Waals surface area contributed by atoms with Crippen molar-refractivity contribution in [2.24, 2.45) is 0 Å². The van der Waals surface area contributed by atoms with E-state index in [-0.39, 0.29) is 5.97 Å². The smallest absolute Gasteiger partial charge is 0.332 e. The van der Waals surface area contributed by atoms with Gasteiger partial charge in [0.15, 0.2) is 0 Å². The predicted molar refractivity (Wildman–Crippen MR) is 58.2 cm³/mol. The molecule has 0 bridgehead atoms. The number of ether oxygens (including phenoxy) is 1. The van der Waals surface area contributed by atoms with Gasteiger partial charge in [0.25, 0.3) is 0 Å². The summed E-state index contributed by atoms with van der Waals surface area (Å²) in [6, 6.07) is 0. The average Bonchev–Trinajstić information content (AvgIpc) is 2.66. The standard InChI is InChI=1S/C12H17NO2/c1-4-15-11(14)12-6-5-10(3)13(12)8-9(2)7-12/h2-8H2,1H3. The molecule has 82 valence electrons. The fourth-order valence-electron chi connectivity index (χ4n) is 2.61. The molecule has 15 heavy (non-hydrogen) atoms. The van der Waals surface area contributed by atoms with E-state index >= 15 is 0 Å². The lowest BCUT2D eigenvalue weighted by atomic mass is 9.93. The third-order valence-corrected chi connectivity index (χ3v) is 3.31. The Hall–Kier alpha value is -1.25. The Morgan fingerprint density at radius 2 is 2.33 bits per heavy atom. The topological polar surface area (TPSA) is 29.5 Å². The van der Waals surface area contributed by atoms with Gasteiger partial charge in [0.1, 0.15) is 5.54 Å². The SMILES string of the molecule is C=C1CN2C(=C)CCC2(C(=O)OCC)C1. The van der Waals surface area contributed by atoms with E-state index in [1.165, 1.54) is 0 Å². The number of carbonyl (C=O) groups is 1. The van der Waals surface area contributed by atoms with Crippen LogP contribution < -0.4 is 0 Å². The first-order valence-electron chi connectivity index (χ1n) is 5.39. The van der Waals surface area contributed by atoms with Crippen molar-refractivity contribution in [2.45, 2.75) is 31.7 Å². The minimum absolute atomic E-state index is 0.109. The van der Waals surface area contributed by atoms with Gasteiger partial charge in [-0.2, -0.15) is 0 Å². The van der Waals surface area contributed by atoms with Crippen molar-refractivity contribution in [3.63, 3.8) is 0 Å². The van der Waals surface area contributed by atoms with Crippen LogP contribution in [0.15, 0.2) is 24.4 Å². The Kier molecular flexibility index (Phi) is 2.33. The van der Waals surface area contributed by atoms with Gasteiger partial charge in [0.05, 0.1) is 6.61 Å². The quantitative estimate of drug-likeness (QED) is 0.511. The lowest BCUT2D eigenvalue weighted by molar-refractivity contribution is -0.153. The molecule has 0 aromatic heterocycles. The van der Waals surface area contributed by atoms with E-state index in [1.807, 2.05) is 6.92 Å². The van der Waals surface area contributed by atoms with Crippen LogP contribution in [0.5, 0.6) is 0 Å². The fourth-order valence-corrected chi connectivity index (χ4v) is 2.61. The third-order valence-electron chi connectivity index (χ3n) is 3.31. The van der Waals surface area contributed by atoms with Gasteiger partial charge in [-0.1, -0.05) is 18.7 Å². The van der Waals surface area contributed by atoms with Gasteiger partial charge >= 0.3 is 5.97 Å². The molecule has 1 unspecified atom stereocenters. The van der Waals surface area contributed by atoms with E-state index in [1.54, 1.807) is 0 Å². The average molecular weight is 207 g/mol. The van der Waals surface area contributed by atoms with Crippen LogP contribution in [0.1, 0.15) is 26.2 Å². The lowest BCUT2D eigenvalue weighted by Crippen LogP contribution is -2.46. The molecule has 2 aliphatic rings. The van der Waals surface area contributed by atoms with Crippen molar-refractivity contribution in [3.8, 4) is 0 Å². The van der Waals surface area contributed by atoms with Crippen LogP contribution in [0.4, 0.5) is 0 Å². The summed E-state index contributed by atoms with van der Waals surface area (Å²) < 4.78 is 5.16. The number of rotatable bonds is 2. The molecule has 0 saturated carbocycles. The molecule has 3 heteroatoms. The van der Waals surface area contributed by atoms with Crippen molar-refractivity contribution in [2.75, 3.05) is 13.2 Å². The summed E-state index contributed by atoms with van der Waals surface area (Å²) in [5, 5.41) is 0. The number of nitrogens with zero attached hydrogens (tertiary/aromatic N) is 1. The molecule has 1 atom stereocenters. The van der Waals surface area contributed by atoms with E-state index in [2.05, 4.69) is 18.1 Å². The Labute approximate surface area is 90.4 Å². The highest BCUT2D eigenvalue weighted by molar-refractivity contribution is 5.83. The fraction of sp³-hybridized carbons (Fsp3) is 0.583. The minimum atomic E-state index is -0.468. The maximum atomic E-state index is 12.0. The molecule has 0 aromatic carbocycles. The molecule has 0 spiro atoms. The minimum Gasteiger partial charge on any atom is -0.464 e. The highest BCUT2D eigenvalue weighted by Crippen LogP contribution is 2.45. The molecule has 2 fully saturated rings. The molecule has 0 amide bonds. The summed E-state index contributed by atoms with van der Waals surface area (Å²) in [6.45, 7) is 11.0. The monoisotopic (exact) mass is 207 g/mol. The number of esters is 1. The molecular formula is C12H17NO2. The van der Waals surface area contributed by atoms with Gasteiger partial charge in [0.2, 0.25) is 0 Å². The summed E-state index contributed by atoms with van der Waals surface area (Å²) in [5.41, 5.74) is 1.68. The molecule has 2 heterocycles.